The van der Waals surface area contributed by atoms with Gasteiger partial charge >= 0.3 is 0 Å². The average Bonchev–Trinajstić information content (AvgIpc) is 3.77. The molecule has 0 bridgehead atoms. The van der Waals surface area contributed by atoms with Crippen LogP contribution in [0.1, 0.15) is 46.4 Å². The van der Waals surface area contributed by atoms with E-state index in [0.717, 1.165) is 68.6 Å². The van der Waals surface area contributed by atoms with E-state index in [0.29, 0.717) is 24.2 Å². The highest BCUT2D eigenvalue weighted by atomic mass is 32.1. The van der Waals surface area contributed by atoms with Crippen molar-refractivity contribution < 1.29 is 9.59 Å². The molecule has 6 rings (SSSR count). The van der Waals surface area contributed by atoms with Crippen molar-refractivity contribution in [1.29, 1.82) is 0 Å². The van der Waals surface area contributed by atoms with Gasteiger partial charge in [-0.1, -0.05) is 61.4 Å². The largest absolute Gasteiger partial charge is 0.352 e. The number of amides is 2. The fraction of sp³-hybridized carbons (Fsp3) is 0.176. The summed E-state index contributed by atoms with van der Waals surface area (Å²) in [6.45, 7) is 1.20. The third-order valence-electron chi connectivity index (χ3n) is 7.14. The van der Waals surface area contributed by atoms with Gasteiger partial charge in [0.1, 0.15) is 0 Å². The summed E-state index contributed by atoms with van der Waals surface area (Å²) in [6.07, 6.45) is 3.68. The van der Waals surface area contributed by atoms with E-state index in [-0.39, 0.29) is 11.8 Å². The Kier molecular flexibility index (Phi) is 8.63. The molecule has 4 aromatic heterocycles. The molecule has 0 saturated carbocycles. The maximum atomic E-state index is 13.1. The quantitative estimate of drug-likeness (QED) is 0.150. The van der Waals surface area contributed by atoms with Crippen LogP contribution >= 0.6 is 22.7 Å². The number of fused-ring (bicyclic) bond motifs is 2. The van der Waals surface area contributed by atoms with Crippen molar-refractivity contribution in [2.75, 3.05) is 13.1 Å². The first-order valence-electron chi connectivity index (χ1n) is 14.1. The van der Waals surface area contributed by atoms with Crippen LogP contribution in [0.25, 0.3) is 42.9 Å². The van der Waals surface area contributed by atoms with Crippen LogP contribution in [0.5, 0.6) is 0 Å². The van der Waals surface area contributed by atoms with Crippen molar-refractivity contribution >= 4 is 56.3 Å². The lowest BCUT2D eigenvalue weighted by atomic mass is 10.1. The lowest BCUT2D eigenvalue weighted by molar-refractivity contribution is 0.0945. The highest BCUT2D eigenvalue weighted by Crippen LogP contribution is 2.29. The van der Waals surface area contributed by atoms with Gasteiger partial charge in [0.25, 0.3) is 11.8 Å². The Labute approximate surface area is 252 Å². The van der Waals surface area contributed by atoms with Crippen molar-refractivity contribution in [1.82, 2.24) is 20.6 Å². The number of pyridine rings is 2. The Bertz CT molecular complexity index is 1700. The molecule has 6 nitrogen and oxygen atoms in total. The van der Waals surface area contributed by atoms with Gasteiger partial charge < -0.3 is 10.6 Å². The minimum absolute atomic E-state index is 0.0786. The second-order valence-electron chi connectivity index (χ2n) is 10.0. The second-order valence-corrected chi connectivity index (χ2v) is 11.9. The molecule has 0 atom stereocenters. The first kappa shape index (κ1) is 27.8. The third-order valence-corrected chi connectivity index (χ3v) is 8.93. The number of carbonyl (C=O) groups is 2. The fourth-order valence-corrected chi connectivity index (χ4v) is 6.40. The number of nitrogens with one attached hydrogen (secondary N) is 2. The Morgan fingerprint density at radius 3 is 1.45 bits per heavy atom. The summed E-state index contributed by atoms with van der Waals surface area (Å²) in [4.78, 5) is 37.9. The van der Waals surface area contributed by atoms with Crippen molar-refractivity contribution in [3.8, 4) is 21.1 Å². The number of hydrogen-bond donors (Lipinski definition) is 2. The second kappa shape index (κ2) is 13.1. The van der Waals surface area contributed by atoms with E-state index in [2.05, 4.69) is 10.6 Å². The van der Waals surface area contributed by atoms with Gasteiger partial charge in [0, 0.05) is 23.9 Å². The molecule has 4 heterocycles. The minimum Gasteiger partial charge on any atom is -0.352 e. The highest BCUT2D eigenvalue weighted by molar-refractivity contribution is 7.13. The van der Waals surface area contributed by atoms with Gasteiger partial charge in [-0.25, -0.2) is 9.97 Å². The Hall–Kier alpha value is -4.40. The highest BCUT2D eigenvalue weighted by Gasteiger charge is 2.15. The zero-order valence-corrected chi connectivity index (χ0v) is 24.6. The van der Waals surface area contributed by atoms with Gasteiger partial charge in [-0.05, 0) is 60.0 Å². The molecule has 0 aliphatic carbocycles. The summed E-state index contributed by atoms with van der Waals surface area (Å²) in [5.41, 5.74) is 4.57. The predicted molar refractivity (Wildman–Crippen MR) is 173 cm³/mol. The molecule has 2 aromatic carbocycles. The molecule has 0 saturated heterocycles. The van der Waals surface area contributed by atoms with E-state index in [9.17, 15) is 9.59 Å². The number of rotatable bonds is 11. The van der Waals surface area contributed by atoms with Crippen LogP contribution < -0.4 is 10.6 Å². The van der Waals surface area contributed by atoms with E-state index < -0.39 is 0 Å². The SMILES string of the molecule is O=C(NCCCCCCNC(=O)c1cc(-c2cccs2)nc2ccccc12)c1cc(-c2cccs2)nc2ccccc12. The van der Waals surface area contributed by atoms with E-state index in [1.807, 2.05) is 95.7 Å². The summed E-state index contributed by atoms with van der Waals surface area (Å²) >= 11 is 3.23. The van der Waals surface area contributed by atoms with Gasteiger partial charge in [0.15, 0.2) is 0 Å². The zero-order valence-electron chi connectivity index (χ0n) is 23.0. The number of benzene rings is 2. The molecule has 0 spiro atoms. The topological polar surface area (TPSA) is 84.0 Å². The average molecular weight is 591 g/mol. The summed E-state index contributed by atoms with van der Waals surface area (Å²) in [7, 11) is 0. The number of thiophene rings is 2. The van der Waals surface area contributed by atoms with Crippen LogP contribution in [-0.4, -0.2) is 34.9 Å². The van der Waals surface area contributed by atoms with Crippen molar-refractivity contribution in [3.05, 3.63) is 107 Å². The third kappa shape index (κ3) is 6.25. The lowest BCUT2D eigenvalue weighted by Crippen LogP contribution is -2.25. The van der Waals surface area contributed by atoms with Crippen LogP contribution in [0.3, 0.4) is 0 Å². The maximum absolute atomic E-state index is 13.1. The van der Waals surface area contributed by atoms with Crippen LogP contribution in [0.4, 0.5) is 0 Å². The molecule has 0 radical (unpaired) electrons. The smallest absolute Gasteiger partial charge is 0.252 e. The molecule has 210 valence electrons. The summed E-state index contributed by atoms with van der Waals surface area (Å²) in [6, 6.07) is 27.3. The van der Waals surface area contributed by atoms with Gasteiger partial charge in [-0.2, -0.15) is 0 Å². The number of carbonyl (C=O) groups excluding carboxylic acids is 2. The summed E-state index contributed by atoms with van der Waals surface area (Å²) in [5, 5.41) is 11.9. The van der Waals surface area contributed by atoms with Gasteiger partial charge in [-0.3, -0.25) is 9.59 Å². The molecule has 2 N–H and O–H groups in total. The molecule has 0 aliphatic heterocycles. The molecule has 0 aliphatic rings. The molecule has 2 amide bonds. The predicted octanol–water partition coefficient (Wildman–Crippen LogP) is 7.96. The maximum Gasteiger partial charge on any atom is 0.252 e. The first-order chi connectivity index (χ1) is 20.7. The standard InChI is InChI=1S/C34H30N4O2S2/c39-33(25-21-29(31-15-9-19-41-31)37-27-13-5-3-11-23(25)27)35-17-7-1-2-8-18-36-34(40)26-22-30(32-16-10-20-42-32)38-28-14-6-4-12-24(26)28/h3-6,9-16,19-22H,1-2,7-8,17-18H2,(H,35,39)(H,36,40). The number of hydrogen-bond acceptors (Lipinski definition) is 6. The normalized spacial score (nSPS) is 11.1. The molecule has 0 unspecified atom stereocenters. The van der Waals surface area contributed by atoms with E-state index in [1.165, 1.54) is 0 Å². The van der Waals surface area contributed by atoms with Crippen molar-refractivity contribution in [2.24, 2.45) is 0 Å². The van der Waals surface area contributed by atoms with Crippen LogP contribution in [-0.2, 0) is 0 Å². The van der Waals surface area contributed by atoms with Gasteiger partial charge in [-0.15, -0.1) is 22.7 Å². The molecule has 8 heteroatoms. The number of nitrogens with zero attached hydrogens (tertiary/aromatic N) is 2. The Morgan fingerprint density at radius 2 is 1.02 bits per heavy atom. The molecular formula is C34H30N4O2S2. The lowest BCUT2D eigenvalue weighted by Gasteiger charge is -2.11. The van der Waals surface area contributed by atoms with Crippen LogP contribution in [0, 0.1) is 0 Å². The van der Waals surface area contributed by atoms with E-state index in [4.69, 9.17) is 9.97 Å². The van der Waals surface area contributed by atoms with Crippen LogP contribution in [0.15, 0.2) is 95.7 Å². The minimum atomic E-state index is -0.0786. The summed E-state index contributed by atoms with van der Waals surface area (Å²) < 4.78 is 0. The Balaban J connectivity index is 0.985. The molecular weight excluding hydrogens is 561 g/mol. The monoisotopic (exact) mass is 590 g/mol. The number of para-hydroxylation sites is 2. The van der Waals surface area contributed by atoms with Crippen LogP contribution in [0.2, 0.25) is 0 Å². The van der Waals surface area contributed by atoms with E-state index in [1.54, 1.807) is 22.7 Å². The summed E-state index contributed by atoms with van der Waals surface area (Å²) in [5.74, 6) is -0.157. The van der Waals surface area contributed by atoms with Crippen molar-refractivity contribution in [3.63, 3.8) is 0 Å². The molecule has 6 aromatic rings. The van der Waals surface area contributed by atoms with Gasteiger partial charge in [0.2, 0.25) is 0 Å². The van der Waals surface area contributed by atoms with Gasteiger partial charge in [0.05, 0.1) is 43.3 Å². The number of aromatic nitrogens is 2. The van der Waals surface area contributed by atoms with Crippen molar-refractivity contribution in [2.45, 2.75) is 25.7 Å². The molecule has 0 fully saturated rings. The van der Waals surface area contributed by atoms with E-state index >= 15 is 0 Å². The zero-order chi connectivity index (χ0) is 28.7. The first-order valence-corrected chi connectivity index (χ1v) is 15.9. The fourth-order valence-electron chi connectivity index (χ4n) is 5.03. The Morgan fingerprint density at radius 1 is 0.571 bits per heavy atom. The molecule has 42 heavy (non-hydrogen) atoms. The number of unbranched alkanes of at least 4 members (excludes halogenated alkanes) is 3.